The Hall–Kier alpha value is -0.660. The van der Waals surface area contributed by atoms with Crippen LogP contribution in [0.4, 0.5) is 0 Å². The van der Waals surface area contributed by atoms with Gasteiger partial charge in [0.15, 0.2) is 0 Å². The second-order valence-electron chi connectivity index (χ2n) is 3.48. The molecular formula is C9H16N2. The van der Waals surface area contributed by atoms with E-state index in [-0.39, 0.29) is 0 Å². The lowest BCUT2D eigenvalue weighted by Gasteiger charge is -2.15. The van der Waals surface area contributed by atoms with E-state index in [2.05, 4.69) is 17.3 Å². The van der Waals surface area contributed by atoms with Gasteiger partial charge in [0.05, 0.1) is 0 Å². The van der Waals surface area contributed by atoms with E-state index in [4.69, 9.17) is 0 Å². The predicted octanol–water partition coefficient (Wildman–Crippen LogP) is 1.31. The van der Waals surface area contributed by atoms with E-state index >= 15 is 0 Å². The highest BCUT2D eigenvalue weighted by atomic mass is 15.1. The van der Waals surface area contributed by atoms with E-state index < -0.39 is 0 Å². The molecule has 2 aliphatic rings. The summed E-state index contributed by atoms with van der Waals surface area (Å²) in [4.78, 5) is 2.40. The summed E-state index contributed by atoms with van der Waals surface area (Å²) >= 11 is 0. The number of rotatable bonds is 0. The van der Waals surface area contributed by atoms with Gasteiger partial charge in [-0.1, -0.05) is 0 Å². The summed E-state index contributed by atoms with van der Waals surface area (Å²) in [6.45, 7) is 2.44. The highest BCUT2D eigenvalue weighted by Gasteiger charge is 2.19. The van der Waals surface area contributed by atoms with Crippen LogP contribution < -0.4 is 5.32 Å². The number of nitrogens with zero attached hydrogens (tertiary/aromatic N) is 1. The number of nitrogens with one attached hydrogen (secondary N) is 1. The minimum atomic E-state index is 1.19. The molecule has 0 radical (unpaired) electrons. The van der Waals surface area contributed by atoms with Crippen LogP contribution in [0, 0.1) is 0 Å². The Morgan fingerprint density at radius 3 is 2.73 bits per heavy atom. The fourth-order valence-corrected chi connectivity index (χ4v) is 2.03. The number of likely N-dealkylation sites (tertiary alicyclic amines) is 1. The molecule has 2 nitrogen and oxygen atoms in total. The Kier molecular flexibility index (Phi) is 1.76. The molecule has 0 spiro atoms. The van der Waals surface area contributed by atoms with E-state index in [9.17, 15) is 0 Å². The summed E-state index contributed by atoms with van der Waals surface area (Å²) in [6.07, 6.45) is 5.24. The Balaban J connectivity index is 2.16. The van der Waals surface area contributed by atoms with Crippen molar-refractivity contribution in [2.45, 2.75) is 25.7 Å². The lowest BCUT2D eigenvalue weighted by atomic mass is 10.2. The molecule has 0 aliphatic carbocycles. The van der Waals surface area contributed by atoms with Gasteiger partial charge in [-0.25, -0.2) is 0 Å². The van der Waals surface area contributed by atoms with Crippen LogP contribution in [-0.2, 0) is 0 Å². The number of hydrogen-bond donors (Lipinski definition) is 1. The normalized spacial score (nSPS) is 31.2. The molecule has 62 valence electrons. The van der Waals surface area contributed by atoms with Gasteiger partial charge in [0.25, 0.3) is 0 Å². The highest BCUT2D eigenvalue weighted by Crippen LogP contribution is 2.25. The molecule has 2 aliphatic heterocycles. The van der Waals surface area contributed by atoms with Gasteiger partial charge in [-0.3, -0.25) is 0 Å². The van der Waals surface area contributed by atoms with Crippen LogP contribution in [0.2, 0.25) is 0 Å². The van der Waals surface area contributed by atoms with Crippen molar-refractivity contribution in [3.63, 3.8) is 0 Å². The van der Waals surface area contributed by atoms with E-state index in [0.29, 0.717) is 0 Å². The monoisotopic (exact) mass is 152 g/mol. The molecule has 2 saturated heterocycles. The molecule has 1 N–H and O–H groups in total. The standard InChI is InChI=1S/C9H16N2/c1-11-7-3-5-9(11)8-4-2-6-10-8/h10H,2-7H2,1H3. The molecule has 2 heterocycles. The highest BCUT2D eigenvalue weighted by molar-refractivity contribution is 5.16. The minimum absolute atomic E-state index is 1.19. The molecule has 2 fully saturated rings. The molecule has 0 saturated carbocycles. The van der Waals surface area contributed by atoms with Gasteiger partial charge in [-0.15, -0.1) is 0 Å². The van der Waals surface area contributed by atoms with Crippen molar-refractivity contribution in [1.82, 2.24) is 10.2 Å². The molecule has 0 atom stereocenters. The van der Waals surface area contributed by atoms with Crippen molar-refractivity contribution in [2.24, 2.45) is 0 Å². The van der Waals surface area contributed by atoms with Crippen molar-refractivity contribution in [3.05, 3.63) is 11.4 Å². The molecule has 0 amide bonds. The molecule has 2 rings (SSSR count). The maximum Gasteiger partial charge on any atom is 0.0323 e. The van der Waals surface area contributed by atoms with Gasteiger partial charge in [-0.05, 0) is 25.7 Å². The van der Waals surface area contributed by atoms with Crippen LogP contribution in [0.15, 0.2) is 11.4 Å². The average Bonchev–Trinajstić information content (AvgIpc) is 2.55. The van der Waals surface area contributed by atoms with Crippen molar-refractivity contribution >= 4 is 0 Å². The van der Waals surface area contributed by atoms with Crippen LogP contribution in [0.1, 0.15) is 25.7 Å². The smallest absolute Gasteiger partial charge is 0.0323 e. The van der Waals surface area contributed by atoms with E-state index in [1.54, 1.807) is 5.70 Å². The zero-order valence-corrected chi connectivity index (χ0v) is 7.19. The first kappa shape index (κ1) is 7.01. The zero-order chi connectivity index (χ0) is 7.68. The summed E-state index contributed by atoms with van der Waals surface area (Å²) in [7, 11) is 2.20. The Bertz CT molecular complexity index is 176. The fourth-order valence-electron chi connectivity index (χ4n) is 2.03. The second-order valence-corrected chi connectivity index (χ2v) is 3.48. The van der Waals surface area contributed by atoms with Crippen molar-refractivity contribution in [1.29, 1.82) is 0 Å². The van der Waals surface area contributed by atoms with Crippen molar-refractivity contribution in [3.8, 4) is 0 Å². The third-order valence-electron chi connectivity index (χ3n) is 2.66. The molecule has 2 heteroatoms. The number of allylic oxidation sites excluding steroid dienone is 2. The van der Waals surface area contributed by atoms with Gasteiger partial charge < -0.3 is 10.2 Å². The Labute approximate surface area is 68.3 Å². The molecule has 0 aromatic carbocycles. The topological polar surface area (TPSA) is 15.3 Å². The summed E-state index contributed by atoms with van der Waals surface area (Å²) in [5.74, 6) is 0. The number of hydrogen-bond acceptors (Lipinski definition) is 2. The molecule has 0 aromatic rings. The van der Waals surface area contributed by atoms with Crippen LogP contribution >= 0.6 is 0 Å². The van der Waals surface area contributed by atoms with Gasteiger partial charge in [0, 0.05) is 31.5 Å². The molecular weight excluding hydrogens is 136 g/mol. The average molecular weight is 152 g/mol. The lowest BCUT2D eigenvalue weighted by molar-refractivity contribution is 0.472. The maximum atomic E-state index is 3.47. The first-order chi connectivity index (χ1) is 5.38. The summed E-state index contributed by atoms with van der Waals surface area (Å²) < 4.78 is 0. The fraction of sp³-hybridized carbons (Fsp3) is 0.778. The lowest BCUT2D eigenvalue weighted by Crippen LogP contribution is -2.16. The third kappa shape index (κ3) is 1.22. The van der Waals surface area contributed by atoms with Crippen LogP contribution in [0.25, 0.3) is 0 Å². The molecule has 0 bridgehead atoms. The van der Waals surface area contributed by atoms with Gasteiger partial charge in [0.2, 0.25) is 0 Å². The molecule has 11 heavy (non-hydrogen) atoms. The predicted molar refractivity (Wildman–Crippen MR) is 46.1 cm³/mol. The zero-order valence-electron chi connectivity index (χ0n) is 7.19. The van der Waals surface area contributed by atoms with Gasteiger partial charge in [-0.2, -0.15) is 0 Å². The maximum absolute atomic E-state index is 3.47. The van der Waals surface area contributed by atoms with E-state index in [1.807, 2.05) is 0 Å². The SMILES string of the molecule is CN1CCCC1=C1CCCN1. The summed E-state index contributed by atoms with van der Waals surface area (Å²) in [5, 5.41) is 3.47. The Morgan fingerprint density at radius 2 is 2.18 bits per heavy atom. The van der Waals surface area contributed by atoms with Crippen LogP contribution in [0.3, 0.4) is 0 Å². The third-order valence-corrected chi connectivity index (χ3v) is 2.66. The van der Waals surface area contributed by atoms with Crippen LogP contribution in [0.5, 0.6) is 0 Å². The quantitative estimate of drug-likeness (QED) is 0.563. The first-order valence-corrected chi connectivity index (χ1v) is 4.55. The van der Waals surface area contributed by atoms with Gasteiger partial charge in [0.1, 0.15) is 0 Å². The summed E-state index contributed by atoms with van der Waals surface area (Å²) in [6, 6.07) is 0. The second kappa shape index (κ2) is 2.76. The minimum Gasteiger partial charge on any atom is -0.387 e. The van der Waals surface area contributed by atoms with E-state index in [1.165, 1.54) is 44.5 Å². The Morgan fingerprint density at radius 1 is 1.27 bits per heavy atom. The van der Waals surface area contributed by atoms with Crippen molar-refractivity contribution < 1.29 is 0 Å². The van der Waals surface area contributed by atoms with Crippen molar-refractivity contribution in [2.75, 3.05) is 20.1 Å². The first-order valence-electron chi connectivity index (χ1n) is 4.55. The van der Waals surface area contributed by atoms with Gasteiger partial charge >= 0.3 is 0 Å². The van der Waals surface area contributed by atoms with E-state index in [0.717, 1.165) is 0 Å². The molecule has 0 aromatic heterocycles. The molecule has 0 unspecified atom stereocenters. The van der Waals surface area contributed by atoms with Crippen LogP contribution in [-0.4, -0.2) is 25.0 Å². The largest absolute Gasteiger partial charge is 0.387 e. The summed E-state index contributed by atoms with van der Waals surface area (Å²) in [5.41, 5.74) is 3.09.